The molecule has 0 saturated heterocycles. The molecule has 0 spiro atoms. The number of nitrogens with one attached hydrogen (secondary N) is 1. The van der Waals surface area contributed by atoms with Crippen molar-refractivity contribution in [3.8, 4) is 5.75 Å². The number of alkyl halides is 2. The zero-order chi connectivity index (χ0) is 11.1. The average molecular weight is 211 g/mol. The molecule has 4 heteroatoms. The van der Waals surface area contributed by atoms with Gasteiger partial charge in [-0.15, -0.1) is 0 Å². The van der Waals surface area contributed by atoms with E-state index in [2.05, 4.69) is 9.72 Å². The Bertz CT molecular complexity index is 485. The molecule has 0 atom stereocenters. The number of rotatable bonds is 2. The SMILES string of the molecule is Cc1cc(OC(C)(F)F)cc2cc[nH]c12. The molecule has 1 aromatic carbocycles. The van der Waals surface area contributed by atoms with Crippen molar-refractivity contribution in [2.45, 2.75) is 20.0 Å². The second-order valence-electron chi connectivity index (χ2n) is 3.59. The second-order valence-corrected chi connectivity index (χ2v) is 3.59. The topological polar surface area (TPSA) is 25.0 Å². The van der Waals surface area contributed by atoms with Gasteiger partial charge in [-0.25, -0.2) is 0 Å². The Balaban J connectivity index is 2.45. The summed E-state index contributed by atoms with van der Waals surface area (Å²) in [6, 6.07) is 5.01. The second kappa shape index (κ2) is 3.22. The minimum Gasteiger partial charge on any atom is -0.433 e. The molecule has 80 valence electrons. The van der Waals surface area contributed by atoms with Gasteiger partial charge in [-0.2, -0.15) is 8.78 Å². The number of ether oxygens (including phenoxy) is 1. The van der Waals surface area contributed by atoms with Crippen LogP contribution in [0.3, 0.4) is 0 Å². The van der Waals surface area contributed by atoms with Gasteiger partial charge in [0.15, 0.2) is 0 Å². The van der Waals surface area contributed by atoms with Crippen LogP contribution < -0.4 is 4.74 Å². The average Bonchev–Trinajstić information content (AvgIpc) is 2.48. The number of hydrogen-bond acceptors (Lipinski definition) is 1. The van der Waals surface area contributed by atoms with Crippen LogP contribution in [0, 0.1) is 6.92 Å². The summed E-state index contributed by atoms with van der Waals surface area (Å²) in [6.07, 6.45) is -1.37. The molecule has 0 saturated carbocycles. The summed E-state index contributed by atoms with van der Waals surface area (Å²) in [5.41, 5.74) is 1.83. The van der Waals surface area contributed by atoms with Crippen LogP contribution in [0.4, 0.5) is 8.78 Å². The van der Waals surface area contributed by atoms with E-state index >= 15 is 0 Å². The largest absolute Gasteiger partial charge is 0.433 e. The van der Waals surface area contributed by atoms with Gasteiger partial charge >= 0.3 is 6.11 Å². The molecule has 0 fully saturated rings. The normalized spacial score (nSPS) is 12.0. The van der Waals surface area contributed by atoms with Gasteiger partial charge in [0.1, 0.15) is 5.75 Å². The van der Waals surface area contributed by atoms with Crippen LogP contribution in [0.2, 0.25) is 0 Å². The van der Waals surface area contributed by atoms with Gasteiger partial charge in [-0.3, -0.25) is 0 Å². The van der Waals surface area contributed by atoms with Crippen LogP contribution >= 0.6 is 0 Å². The standard InChI is InChI=1S/C11H11F2NO/c1-7-5-9(15-11(2,12)13)6-8-3-4-14-10(7)8/h3-6,14H,1-2H3. The Morgan fingerprint density at radius 2 is 2.07 bits per heavy atom. The Kier molecular flexibility index (Phi) is 2.14. The van der Waals surface area contributed by atoms with E-state index in [9.17, 15) is 8.78 Å². The van der Waals surface area contributed by atoms with Gasteiger partial charge in [0, 0.05) is 24.0 Å². The van der Waals surface area contributed by atoms with Crippen molar-refractivity contribution in [3.05, 3.63) is 30.0 Å². The highest BCUT2D eigenvalue weighted by Gasteiger charge is 2.23. The van der Waals surface area contributed by atoms with Crippen LogP contribution in [0.25, 0.3) is 10.9 Å². The van der Waals surface area contributed by atoms with Crippen molar-refractivity contribution in [1.82, 2.24) is 4.98 Å². The molecular weight excluding hydrogens is 200 g/mol. The maximum atomic E-state index is 12.6. The first kappa shape index (κ1) is 9.96. The smallest absolute Gasteiger partial charge is 0.394 e. The lowest BCUT2D eigenvalue weighted by molar-refractivity contribution is -0.158. The Morgan fingerprint density at radius 3 is 2.73 bits per heavy atom. The van der Waals surface area contributed by atoms with Crippen LogP contribution in [-0.4, -0.2) is 11.1 Å². The van der Waals surface area contributed by atoms with E-state index in [-0.39, 0.29) is 5.75 Å². The van der Waals surface area contributed by atoms with E-state index in [4.69, 9.17) is 0 Å². The van der Waals surface area contributed by atoms with Gasteiger partial charge in [0.05, 0.1) is 0 Å². The van der Waals surface area contributed by atoms with Crippen molar-refractivity contribution >= 4 is 10.9 Å². The first-order chi connectivity index (χ1) is 6.96. The molecule has 2 aromatic rings. The number of halogens is 2. The maximum absolute atomic E-state index is 12.6. The van der Waals surface area contributed by atoms with E-state index in [0.717, 1.165) is 23.4 Å². The molecule has 0 aliphatic rings. The molecule has 1 heterocycles. The predicted molar refractivity (Wildman–Crippen MR) is 54.3 cm³/mol. The van der Waals surface area contributed by atoms with Crippen LogP contribution in [0.15, 0.2) is 24.4 Å². The van der Waals surface area contributed by atoms with Gasteiger partial charge in [-0.05, 0) is 30.7 Å². The van der Waals surface area contributed by atoms with E-state index in [1.807, 2.05) is 13.0 Å². The third-order valence-electron chi connectivity index (χ3n) is 2.13. The fourth-order valence-electron chi connectivity index (χ4n) is 1.59. The van der Waals surface area contributed by atoms with Crippen molar-refractivity contribution in [2.75, 3.05) is 0 Å². The Morgan fingerprint density at radius 1 is 1.33 bits per heavy atom. The zero-order valence-corrected chi connectivity index (χ0v) is 8.47. The summed E-state index contributed by atoms with van der Waals surface area (Å²) in [5, 5.41) is 0.870. The van der Waals surface area contributed by atoms with Crippen LogP contribution in [-0.2, 0) is 0 Å². The van der Waals surface area contributed by atoms with E-state index in [1.165, 1.54) is 0 Å². The van der Waals surface area contributed by atoms with Crippen molar-refractivity contribution < 1.29 is 13.5 Å². The zero-order valence-electron chi connectivity index (χ0n) is 8.47. The number of hydrogen-bond donors (Lipinski definition) is 1. The van der Waals surface area contributed by atoms with E-state index in [1.54, 1.807) is 18.3 Å². The molecule has 0 aliphatic heterocycles. The fraction of sp³-hybridized carbons (Fsp3) is 0.273. The van der Waals surface area contributed by atoms with Gasteiger partial charge in [0.25, 0.3) is 0 Å². The summed E-state index contributed by atoms with van der Waals surface area (Å²) in [7, 11) is 0. The first-order valence-corrected chi connectivity index (χ1v) is 4.60. The number of H-pyrrole nitrogens is 1. The third kappa shape index (κ3) is 2.09. The molecule has 0 unspecified atom stereocenters. The molecule has 1 aromatic heterocycles. The molecular formula is C11H11F2NO. The van der Waals surface area contributed by atoms with Gasteiger partial charge in [-0.1, -0.05) is 0 Å². The molecule has 1 N–H and O–H groups in total. The van der Waals surface area contributed by atoms with Crippen LogP contribution in [0.1, 0.15) is 12.5 Å². The Hall–Kier alpha value is -1.58. The number of aromatic nitrogens is 1. The number of aryl methyl sites for hydroxylation is 1. The van der Waals surface area contributed by atoms with Gasteiger partial charge < -0.3 is 9.72 Å². The molecule has 2 nitrogen and oxygen atoms in total. The summed E-state index contributed by atoms with van der Waals surface area (Å²) in [4.78, 5) is 3.03. The van der Waals surface area contributed by atoms with E-state index in [0.29, 0.717) is 0 Å². The lowest BCUT2D eigenvalue weighted by Crippen LogP contribution is -2.19. The highest BCUT2D eigenvalue weighted by molar-refractivity contribution is 5.83. The fourth-order valence-corrected chi connectivity index (χ4v) is 1.59. The highest BCUT2D eigenvalue weighted by atomic mass is 19.3. The van der Waals surface area contributed by atoms with E-state index < -0.39 is 6.11 Å². The lowest BCUT2D eigenvalue weighted by Gasteiger charge is -2.13. The van der Waals surface area contributed by atoms with Gasteiger partial charge in [0.2, 0.25) is 0 Å². The van der Waals surface area contributed by atoms with Crippen molar-refractivity contribution in [3.63, 3.8) is 0 Å². The molecule has 15 heavy (non-hydrogen) atoms. The summed E-state index contributed by atoms with van der Waals surface area (Å²) < 4.78 is 29.8. The predicted octanol–water partition coefficient (Wildman–Crippen LogP) is 3.47. The minimum atomic E-state index is -3.14. The number of fused-ring (bicyclic) bond motifs is 1. The summed E-state index contributed by atoms with van der Waals surface area (Å²) >= 11 is 0. The molecule has 0 radical (unpaired) electrons. The molecule has 2 rings (SSSR count). The first-order valence-electron chi connectivity index (χ1n) is 4.60. The quantitative estimate of drug-likeness (QED) is 0.808. The lowest BCUT2D eigenvalue weighted by atomic mass is 10.1. The number of aromatic amines is 1. The van der Waals surface area contributed by atoms with Crippen molar-refractivity contribution in [1.29, 1.82) is 0 Å². The Labute approximate surface area is 85.9 Å². The van der Waals surface area contributed by atoms with Crippen LogP contribution in [0.5, 0.6) is 5.75 Å². The monoisotopic (exact) mass is 211 g/mol. The molecule has 0 bridgehead atoms. The highest BCUT2D eigenvalue weighted by Crippen LogP contribution is 2.27. The summed E-state index contributed by atoms with van der Waals surface area (Å²) in [6.45, 7) is 2.57. The third-order valence-corrected chi connectivity index (χ3v) is 2.13. The number of benzene rings is 1. The summed E-state index contributed by atoms with van der Waals surface area (Å²) in [5.74, 6) is 0.187. The molecule has 0 amide bonds. The molecule has 0 aliphatic carbocycles. The minimum absolute atomic E-state index is 0.187. The maximum Gasteiger partial charge on any atom is 0.394 e. The van der Waals surface area contributed by atoms with Crippen molar-refractivity contribution in [2.24, 2.45) is 0 Å².